The molecule has 5 nitrogen and oxygen atoms in total. The molecule has 0 saturated carbocycles. The predicted molar refractivity (Wildman–Crippen MR) is 252 cm³/mol. The zero-order chi connectivity index (χ0) is 39.8. The molecule has 0 radical (unpaired) electrons. The Kier molecular flexibility index (Phi) is 6.49. The fourth-order valence-electron chi connectivity index (χ4n) is 10.1. The molecule has 282 valence electrons. The maximum absolute atomic E-state index is 6.65. The van der Waals surface area contributed by atoms with Gasteiger partial charge in [0, 0.05) is 43.3 Å². The van der Waals surface area contributed by atoms with Gasteiger partial charge in [-0.1, -0.05) is 140 Å². The number of furan rings is 1. The van der Waals surface area contributed by atoms with E-state index in [2.05, 4.69) is 191 Å². The lowest BCUT2D eigenvalue weighted by molar-refractivity contribution is 0.666. The van der Waals surface area contributed by atoms with E-state index in [0.717, 1.165) is 55.1 Å². The molecule has 0 saturated heterocycles. The van der Waals surface area contributed by atoms with Crippen LogP contribution in [0, 0.1) is 0 Å². The van der Waals surface area contributed by atoms with Crippen molar-refractivity contribution in [3.63, 3.8) is 0 Å². The molecule has 0 aliphatic rings. The second-order valence-corrected chi connectivity index (χ2v) is 16.1. The summed E-state index contributed by atoms with van der Waals surface area (Å²) in [5.41, 5.74) is 14.4. The van der Waals surface area contributed by atoms with E-state index < -0.39 is 0 Å². The summed E-state index contributed by atoms with van der Waals surface area (Å²) in [5, 5.41) is 10.5. The number of aromatic nitrogens is 4. The molecule has 5 heterocycles. The van der Waals surface area contributed by atoms with Gasteiger partial charge < -0.3 is 8.82 Å². The van der Waals surface area contributed by atoms with Crippen LogP contribution in [0.3, 0.4) is 0 Å². The Morgan fingerprint density at radius 3 is 1.82 bits per heavy atom. The van der Waals surface area contributed by atoms with E-state index in [4.69, 9.17) is 14.4 Å². The van der Waals surface area contributed by atoms with Crippen LogP contribution >= 0.6 is 0 Å². The monoisotopic (exact) mass is 776 g/mol. The van der Waals surface area contributed by atoms with E-state index in [-0.39, 0.29) is 0 Å². The number of fused-ring (bicyclic) bond motifs is 14. The highest BCUT2D eigenvalue weighted by molar-refractivity contribution is 6.36. The Labute approximate surface area is 348 Å². The molecule has 0 N–H and O–H groups in total. The third-order valence-electron chi connectivity index (χ3n) is 12.8. The van der Waals surface area contributed by atoms with Gasteiger partial charge in [0.15, 0.2) is 5.58 Å². The molecule has 0 fully saturated rings. The summed E-state index contributed by atoms with van der Waals surface area (Å²) < 4.78 is 11.4. The number of nitrogens with zero attached hydrogens (tertiary/aromatic N) is 4. The molecular weight excluding hydrogens is 745 g/mol. The number of rotatable bonds is 4. The first-order valence-electron chi connectivity index (χ1n) is 20.7. The largest absolute Gasteiger partial charge is 0.452 e. The highest BCUT2D eigenvalue weighted by Crippen LogP contribution is 2.48. The summed E-state index contributed by atoms with van der Waals surface area (Å²) in [6.45, 7) is 0. The van der Waals surface area contributed by atoms with Crippen LogP contribution in [0.15, 0.2) is 199 Å². The van der Waals surface area contributed by atoms with E-state index in [0.29, 0.717) is 11.5 Å². The van der Waals surface area contributed by atoms with Crippen LogP contribution in [0.4, 0.5) is 0 Å². The quantitative estimate of drug-likeness (QED) is 0.179. The molecule has 0 amide bonds. The molecule has 14 rings (SSSR count). The van der Waals surface area contributed by atoms with Crippen molar-refractivity contribution in [1.29, 1.82) is 0 Å². The van der Waals surface area contributed by atoms with Crippen LogP contribution in [-0.4, -0.2) is 18.9 Å². The van der Waals surface area contributed by atoms with Gasteiger partial charge in [0.2, 0.25) is 5.95 Å². The summed E-state index contributed by atoms with van der Waals surface area (Å²) >= 11 is 0. The molecule has 14 aromatic rings. The summed E-state index contributed by atoms with van der Waals surface area (Å²) in [4.78, 5) is 11.0. The van der Waals surface area contributed by atoms with Crippen molar-refractivity contribution in [2.24, 2.45) is 0 Å². The summed E-state index contributed by atoms with van der Waals surface area (Å²) in [7, 11) is 0. The first-order valence-corrected chi connectivity index (χ1v) is 20.7. The van der Waals surface area contributed by atoms with Crippen molar-refractivity contribution >= 4 is 92.7 Å². The number of hydrogen-bond donors (Lipinski definition) is 0. The lowest BCUT2D eigenvalue weighted by atomic mass is 9.98. The lowest BCUT2D eigenvalue weighted by Gasteiger charge is -2.10. The summed E-state index contributed by atoms with van der Waals surface area (Å²) in [5.74, 6) is 0.598. The average Bonchev–Trinajstić information content (AvgIpc) is 4.06. The van der Waals surface area contributed by atoms with E-state index in [9.17, 15) is 0 Å². The van der Waals surface area contributed by atoms with Crippen molar-refractivity contribution < 1.29 is 4.42 Å². The average molecular weight is 777 g/mol. The molecular formula is C56H32N4O. The van der Waals surface area contributed by atoms with Gasteiger partial charge in [0.05, 0.1) is 27.6 Å². The molecule has 0 atom stereocenters. The van der Waals surface area contributed by atoms with Crippen molar-refractivity contribution in [2.45, 2.75) is 0 Å². The SMILES string of the molecule is c1ccc(-c2ccc3c(c2)c2c4c5ccccc5n5c6ccc(-c7ccccc7)cc6c(cc2n3-c2nc(-c3ccc6ccccc6c3)c3oc6ccccc6c3n2)c45)cc1. The number of hydrogen-bond acceptors (Lipinski definition) is 3. The number of para-hydroxylation sites is 2. The minimum atomic E-state index is 0.598. The van der Waals surface area contributed by atoms with E-state index in [1.54, 1.807) is 0 Å². The van der Waals surface area contributed by atoms with Crippen molar-refractivity contribution in [1.82, 2.24) is 18.9 Å². The normalized spacial score (nSPS) is 12.3. The van der Waals surface area contributed by atoms with Gasteiger partial charge in [-0.25, -0.2) is 9.97 Å². The van der Waals surface area contributed by atoms with Gasteiger partial charge in [-0.05, 0) is 87.6 Å². The first kappa shape index (κ1) is 32.7. The maximum atomic E-state index is 6.65. The molecule has 5 aromatic heterocycles. The molecule has 0 bridgehead atoms. The fraction of sp³-hybridized carbons (Fsp3) is 0. The summed E-state index contributed by atoms with van der Waals surface area (Å²) in [6.07, 6.45) is 0. The molecule has 0 spiro atoms. The molecule has 5 heteroatoms. The second kappa shape index (κ2) is 12.1. The van der Waals surface area contributed by atoms with Crippen molar-refractivity contribution in [3.8, 4) is 39.5 Å². The van der Waals surface area contributed by atoms with Crippen LogP contribution in [0.2, 0.25) is 0 Å². The minimum absolute atomic E-state index is 0.598. The Morgan fingerprint density at radius 1 is 0.377 bits per heavy atom. The van der Waals surface area contributed by atoms with E-state index >= 15 is 0 Å². The van der Waals surface area contributed by atoms with Crippen molar-refractivity contribution in [3.05, 3.63) is 194 Å². The fourth-order valence-corrected chi connectivity index (χ4v) is 10.1. The van der Waals surface area contributed by atoms with Gasteiger partial charge in [-0.15, -0.1) is 0 Å². The zero-order valence-electron chi connectivity index (χ0n) is 32.7. The maximum Gasteiger partial charge on any atom is 0.236 e. The standard InChI is InChI=1S/C56H32N4O/c1-3-13-33(14-4-1)37-25-27-46-42(30-37)43-32-48-50(51-40-19-9-11-21-45(40)59(46)54(43)51)44-31-38(34-15-5-2-6-16-34)26-28-47(44)60(48)56-57-52(39-24-23-35-17-7-8-18-36(35)29-39)55-53(58-56)41-20-10-12-22-49(41)61-55/h1-32H. The molecule has 0 unspecified atom stereocenters. The molecule has 9 aromatic carbocycles. The Hall–Kier alpha value is -8.28. The third kappa shape index (κ3) is 4.55. The van der Waals surface area contributed by atoms with Gasteiger partial charge in [0.1, 0.15) is 16.8 Å². The van der Waals surface area contributed by atoms with Crippen LogP contribution in [0.5, 0.6) is 0 Å². The Bertz CT molecular complexity index is 4100. The molecule has 61 heavy (non-hydrogen) atoms. The third-order valence-corrected chi connectivity index (χ3v) is 12.8. The highest BCUT2D eigenvalue weighted by Gasteiger charge is 2.27. The minimum Gasteiger partial charge on any atom is -0.452 e. The van der Waals surface area contributed by atoms with Gasteiger partial charge in [0.25, 0.3) is 0 Å². The first-order chi connectivity index (χ1) is 30.2. The van der Waals surface area contributed by atoms with Crippen LogP contribution < -0.4 is 0 Å². The predicted octanol–water partition coefficient (Wildman–Crippen LogP) is 14.8. The summed E-state index contributed by atoms with van der Waals surface area (Å²) in [6, 6.07) is 69.5. The topological polar surface area (TPSA) is 48.3 Å². The zero-order valence-corrected chi connectivity index (χ0v) is 32.7. The second-order valence-electron chi connectivity index (χ2n) is 16.1. The van der Waals surface area contributed by atoms with E-state index in [1.165, 1.54) is 65.6 Å². The highest BCUT2D eigenvalue weighted by atomic mass is 16.3. The number of benzene rings is 9. The van der Waals surface area contributed by atoms with Gasteiger partial charge in [-0.2, -0.15) is 0 Å². The Balaban J connectivity index is 1.17. The van der Waals surface area contributed by atoms with Crippen LogP contribution in [0.1, 0.15) is 0 Å². The van der Waals surface area contributed by atoms with E-state index in [1.807, 2.05) is 12.1 Å². The van der Waals surface area contributed by atoms with Crippen molar-refractivity contribution in [2.75, 3.05) is 0 Å². The lowest BCUT2D eigenvalue weighted by Crippen LogP contribution is -2.03. The van der Waals surface area contributed by atoms with Crippen LogP contribution in [0.25, 0.3) is 132 Å². The molecule has 0 aliphatic heterocycles. The van der Waals surface area contributed by atoms with Crippen LogP contribution in [-0.2, 0) is 0 Å². The van der Waals surface area contributed by atoms with Gasteiger partial charge in [-0.3, -0.25) is 4.57 Å². The smallest absolute Gasteiger partial charge is 0.236 e. The van der Waals surface area contributed by atoms with Gasteiger partial charge >= 0.3 is 0 Å². The Morgan fingerprint density at radius 2 is 1.02 bits per heavy atom. The molecule has 0 aliphatic carbocycles.